The van der Waals surface area contributed by atoms with Crippen molar-refractivity contribution in [1.82, 2.24) is 0 Å². The Balaban J connectivity index is 1.40. The number of hydrogen-bond acceptors (Lipinski definition) is 4. The summed E-state index contributed by atoms with van der Waals surface area (Å²) in [5, 5.41) is 21.3. The summed E-state index contributed by atoms with van der Waals surface area (Å²) in [5.74, 6) is 0.571. The van der Waals surface area contributed by atoms with E-state index in [0.29, 0.717) is 11.1 Å². The molecule has 4 rings (SSSR count). The fraction of sp³-hybridized carbons (Fsp3) is 0.257. The minimum Gasteiger partial charge on any atom is -0.507 e. The number of para-hydroxylation sites is 2. The first-order valence-corrected chi connectivity index (χ1v) is 13.3. The maximum atomic E-state index is 10.7. The van der Waals surface area contributed by atoms with Crippen LogP contribution in [0.3, 0.4) is 0 Å². The molecule has 0 aliphatic rings. The zero-order chi connectivity index (χ0) is 28.2. The minimum atomic E-state index is -0.138. The van der Waals surface area contributed by atoms with Gasteiger partial charge in [0.25, 0.3) is 0 Å². The number of nitrogens with zero attached hydrogens (tertiary/aromatic N) is 2. The van der Waals surface area contributed by atoms with Crippen molar-refractivity contribution in [2.45, 2.75) is 58.8 Å². The maximum Gasteiger partial charge on any atom is 0.128 e. The van der Waals surface area contributed by atoms with Gasteiger partial charge in [0, 0.05) is 23.6 Å². The lowest BCUT2D eigenvalue weighted by Crippen LogP contribution is -2.11. The highest BCUT2D eigenvalue weighted by atomic mass is 16.3. The lowest BCUT2D eigenvalue weighted by Gasteiger charge is -2.21. The molecule has 4 aromatic carbocycles. The van der Waals surface area contributed by atoms with Gasteiger partial charge in [-0.3, -0.25) is 9.98 Å². The zero-order valence-corrected chi connectivity index (χ0v) is 23.7. The first kappa shape index (κ1) is 27.8. The van der Waals surface area contributed by atoms with Gasteiger partial charge in [0.2, 0.25) is 0 Å². The summed E-state index contributed by atoms with van der Waals surface area (Å²) in [4.78, 5) is 9.14. The van der Waals surface area contributed by atoms with Gasteiger partial charge in [-0.25, -0.2) is 0 Å². The molecule has 0 spiro atoms. The Labute approximate surface area is 232 Å². The van der Waals surface area contributed by atoms with E-state index in [9.17, 15) is 10.2 Å². The summed E-state index contributed by atoms with van der Waals surface area (Å²) >= 11 is 0. The average molecular weight is 519 g/mol. The number of phenols is 2. The van der Waals surface area contributed by atoms with Crippen molar-refractivity contribution in [2.75, 3.05) is 0 Å². The lowest BCUT2D eigenvalue weighted by atomic mass is 9.85. The molecule has 0 unspecified atom stereocenters. The molecule has 4 heteroatoms. The summed E-state index contributed by atoms with van der Waals surface area (Å²) < 4.78 is 0. The number of hydrogen-bond donors (Lipinski definition) is 2. The molecule has 4 nitrogen and oxygen atoms in total. The summed E-state index contributed by atoms with van der Waals surface area (Å²) in [7, 11) is 0. The molecule has 0 fully saturated rings. The Morgan fingerprint density at radius 1 is 0.538 bits per heavy atom. The molecular weight excluding hydrogens is 480 g/mol. The highest BCUT2D eigenvalue weighted by Gasteiger charge is 2.20. The predicted octanol–water partition coefficient (Wildman–Crippen LogP) is 8.78. The Morgan fingerprint density at radius 3 is 1.23 bits per heavy atom. The molecule has 0 aliphatic heterocycles. The van der Waals surface area contributed by atoms with Crippen molar-refractivity contribution < 1.29 is 10.2 Å². The summed E-state index contributed by atoms with van der Waals surface area (Å²) in [6.45, 7) is 12.5. The van der Waals surface area contributed by atoms with Crippen LogP contribution in [0, 0.1) is 0 Å². The van der Waals surface area contributed by atoms with Crippen molar-refractivity contribution in [3.63, 3.8) is 0 Å². The van der Waals surface area contributed by atoms with Gasteiger partial charge < -0.3 is 10.2 Å². The van der Waals surface area contributed by atoms with E-state index in [0.717, 1.165) is 28.9 Å². The number of phenolic OH excluding ortho intramolecular Hbond substituents is 2. The van der Waals surface area contributed by atoms with E-state index in [1.165, 1.54) is 11.1 Å². The molecule has 0 saturated heterocycles. The first-order chi connectivity index (χ1) is 18.4. The standard InChI is InChI=1S/C35H38N2O2/c1-34(2,3)30-11-7-9-26(32(30)38)22-36-28-17-13-24(14-18-28)21-25-15-19-29(20-16-25)37-23-27-10-8-12-31(33(27)39)35(4,5)6/h7-20,22-23,38-39H,21H2,1-6H3/b36-22+,37-23+. The second-order valence-corrected chi connectivity index (χ2v) is 12.0. The van der Waals surface area contributed by atoms with Gasteiger partial charge >= 0.3 is 0 Å². The molecule has 0 amide bonds. The van der Waals surface area contributed by atoms with E-state index in [1.54, 1.807) is 12.4 Å². The van der Waals surface area contributed by atoms with Gasteiger partial charge in [-0.2, -0.15) is 0 Å². The summed E-state index contributed by atoms with van der Waals surface area (Å²) in [6, 6.07) is 27.9. The van der Waals surface area contributed by atoms with E-state index in [-0.39, 0.29) is 22.3 Å². The molecule has 0 heterocycles. The highest BCUT2D eigenvalue weighted by Crippen LogP contribution is 2.33. The van der Waals surface area contributed by atoms with Gasteiger partial charge in [-0.15, -0.1) is 0 Å². The van der Waals surface area contributed by atoms with Crippen molar-refractivity contribution in [1.29, 1.82) is 0 Å². The van der Waals surface area contributed by atoms with Gasteiger partial charge in [-0.05, 0) is 75.9 Å². The van der Waals surface area contributed by atoms with E-state index in [4.69, 9.17) is 0 Å². The first-order valence-electron chi connectivity index (χ1n) is 13.3. The fourth-order valence-electron chi connectivity index (χ4n) is 4.47. The Kier molecular flexibility index (Phi) is 8.06. The Morgan fingerprint density at radius 2 is 0.897 bits per heavy atom. The molecular formula is C35H38N2O2. The topological polar surface area (TPSA) is 65.2 Å². The number of rotatable bonds is 6. The van der Waals surface area contributed by atoms with Crippen LogP contribution in [-0.4, -0.2) is 22.6 Å². The largest absolute Gasteiger partial charge is 0.507 e. The smallest absolute Gasteiger partial charge is 0.128 e. The fourth-order valence-corrected chi connectivity index (χ4v) is 4.47. The molecule has 0 aromatic heterocycles. The number of aromatic hydroxyl groups is 2. The molecule has 0 saturated carbocycles. The second kappa shape index (κ2) is 11.3. The minimum absolute atomic E-state index is 0.138. The number of benzene rings is 4. The van der Waals surface area contributed by atoms with Crippen LogP contribution in [0.1, 0.15) is 74.9 Å². The summed E-state index contributed by atoms with van der Waals surface area (Å²) in [6.07, 6.45) is 4.24. The van der Waals surface area contributed by atoms with Crippen LogP contribution in [0.4, 0.5) is 11.4 Å². The number of aliphatic imine (C=N–C) groups is 2. The molecule has 200 valence electrons. The van der Waals surface area contributed by atoms with Gasteiger partial charge in [0.15, 0.2) is 0 Å². The second-order valence-electron chi connectivity index (χ2n) is 12.0. The molecule has 0 bridgehead atoms. The van der Waals surface area contributed by atoms with Gasteiger partial charge in [-0.1, -0.05) is 90.1 Å². The lowest BCUT2D eigenvalue weighted by molar-refractivity contribution is 0.445. The third kappa shape index (κ3) is 7.02. The zero-order valence-electron chi connectivity index (χ0n) is 23.7. The van der Waals surface area contributed by atoms with E-state index >= 15 is 0 Å². The third-order valence-corrected chi connectivity index (χ3v) is 6.74. The average Bonchev–Trinajstić information content (AvgIpc) is 2.88. The van der Waals surface area contributed by atoms with Crippen LogP contribution in [0.5, 0.6) is 11.5 Å². The molecule has 39 heavy (non-hydrogen) atoms. The predicted molar refractivity (Wildman–Crippen MR) is 164 cm³/mol. The normalized spacial score (nSPS) is 12.5. The SMILES string of the molecule is CC(C)(C)c1cccc(/C=N/c2ccc(Cc3ccc(/N=C/c4cccc(C(C)(C)C)c4O)cc3)cc2)c1O. The van der Waals surface area contributed by atoms with Gasteiger partial charge in [0.1, 0.15) is 11.5 Å². The quantitative estimate of drug-likeness (QED) is 0.251. The van der Waals surface area contributed by atoms with Crippen LogP contribution >= 0.6 is 0 Å². The van der Waals surface area contributed by atoms with Crippen molar-refractivity contribution in [3.05, 3.63) is 118 Å². The van der Waals surface area contributed by atoms with Crippen LogP contribution in [-0.2, 0) is 17.3 Å². The van der Waals surface area contributed by atoms with E-state index < -0.39 is 0 Å². The van der Waals surface area contributed by atoms with E-state index in [2.05, 4.69) is 75.8 Å². The van der Waals surface area contributed by atoms with E-state index in [1.807, 2.05) is 60.7 Å². The highest BCUT2D eigenvalue weighted by molar-refractivity contribution is 5.87. The van der Waals surface area contributed by atoms with Crippen LogP contribution in [0.2, 0.25) is 0 Å². The monoisotopic (exact) mass is 518 g/mol. The van der Waals surface area contributed by atoms with Crippen molar-refractivity contribution >= 4 is 23.8 Å². The Bertz CT molecular complexity index is 1370. The molecule has 2 N–H and O–H groups in total. The third-order valence-electron chi connectivity index (χ3n) is 6.74. The van der Waals surface area contributed by atoms with Crippen LogP contribution in [0.15, 0.2) is 94.9 Å². The van der Waals surface area contributed by atoms with Crippen molar-refractivity contribution in [2.24, 2.45) is 9.98 Å². The summed E-state index contributed by atoms with van der Waals surface area (Å²) in [5.41, 5.74) is 7.02. The molecule has 0 atom stereocenters. The molecule has 0 aliphatic carbocycles. The van der Waals surface area contributed by atoms with Crippen LogP contribution < -0.4 is 0 Å². The molecule has 0 radical (unpaired) electrons. The maximum absolute atomic E-state index is 10.7. The van der Waals surface area contributed by atoms with Crippen molar-refractivity contribution in [3.8, 4) is 11.5 Å². The Hall–Kier alpha value is -4.18. The van der Waals surface area contributed by atoms with Gasteiger partial charge in [0.05, 0.1) is 11.4 Å². The van der Waals surface area contributed by atoms with Crippen LogP contribution in [0.25, 0.3) is 0 Å². The molecule has 4 aromatic rings.